The van der Waals surface area contributed by atoms with Crippen molar-refractivity contribution >= 4 is 29.1 Å². The number of aliphatic imine (C=N–C) groups is 1. The third-order valence-electron chi connectivity index (χ3n) is 13.3. The summed E-state index contributed by atoms with van der Waals surface area (Å²) < 4.78 is 24.6. The zero-order valence-corrected chi connectivity index (χ0v) is 37.3. The number of fused-ring (bicyclic) bond motifs is 5. The van der Waals surface area contributed by atoms with Crippen molar-refractivity contribution in [3.05, 3.63) is 36.3 Å². The van der Waals surface area contributed by atoms with Crippen LogP contribution in [0.2, 0.25) is 0 Å². The number of carbonyl (C=O) groups excluding carboxylic acids is 3. The number of aliphatic hydroxyl groups is 2. The highest BCUT2D eigenvalue weighted by molar-refractivity contribution is 6.00. The Labute approximate surface area is 354 Å². The molecule has 1 saturated carbocycles. The molecule has 15 heteroatoms. The summed E-state index contributed by atoms with van der Waals surface area (Å²) in [5.74, 6) is -4.30. The Kier molecular flexibility index (Phi) is 15.6. The maximum absolute atomic E-state index is 14.6. The van der Waals surface area contributed by atoms with Crippen LogP contribution in [0.3, 0.4) is 0 Å². The lowest BCUT2D eigenvalue weighted by molar-refractivity contribution is -0.286. The van der Waals surface area contributed by atoms with Crippen molar-refractivity contribution in [2.24, 2.45) is 45.2 Å². The van der Waals surface area contributed by atoms with E-state index in [1.54, 1.807) is 32.3 Å². The third kappa shape index (κ3) is 10.8. The first-order valence-corrected chi connectivity index (χ1v) is 21.5. The average molecular weight is 838 g/mol. The first-order chi connectivity index (χ1) is 28.3. The molecule has 0 unspecified atom stereocenters. The number of esters is 1. The fourth-order valence-corrected chi connectivity index (χ4v) is 9.88. The number of Topliss-reactive ketones (excluding diaryl/α,β-unsaturated/α-hetero) is 1. The van der Waals surface area contributed by atoms with E-state index in [1.807, 2.05) is 65.7 Å². The minimum Gasteiger partial charge on any atom is -0.459 e. The van der Waals surface area contributed by atoms with Gasteiger partial charge in [0, 0.05) is 48.3 Å². The number of ketones is 1. The molecular formula is C45H67N5O10. The van der Waals surface area contributed by atoms with Crippen LogP contribution in [-0.4, -0.2) is 111 Å². The van der Waals surface area contributed by atoms with Crippen LogP contribution in [-0.2, 0) is 40.0 Å². The number of oxime groups is 1. The monoisotopic (exact) mass is 837 g/mol. The Balaban J connectivity index is 1.63. The van der Waals surface area contributed by atoms with E-state index in [9.17, 15) is 24.6 Å². The van der Waals surface area contributed by atoms with E-state index < -0.39 is 71.0 Å². The van der Waals surface area contributed by atoms with Crippen LogP contribution in [0.15, 0.2) is 45.3 Å². The second-order valence-electron chi connectivity index (χ2n) is 18.2. The molecule has 0 aromatic carbocycles. The normalized spacial score (nSPS) is 37.6. The molecular weight excluding hydrogens is 771 g/mol. The van der Waals surface area contributed by atoms with E-state index in [1.165, 1.54) is 13.8 Å². The minimum absolute atomic E-state index is 0.0899. The fraction of sp³-hybridized carbons (Fsp3) is 0.711. The standard InChI is InChI=1S/C45H67N5O10/c1-12-37-45(9,55)34-16-15-32(49-56-24-33-14-13-31(23-46-33)36-18-20-47-60-36)17-19-44(8,22-25(2)38(27(34)4)48-30(7)51)41(28(5)39(52)29(6)42(54)58-37)59-43-40(53)35(50(10)11)21-26(3)57-43/h13-14,18,20,23,25-29,34-35,37,40-41,43,53,55H,12,15-17,19,21-22,24H2,1-11H3/b48-38?,49-32+/t25-,26-,27-,28+,29-,34-,35+,37-,40-,41-,43+,44-,45+/m1/s1. The number of nitrogens with zero attached hydrogens (tertiary/aromatic N) is 5. The quantitative estimate of drug-likeness (QED) is 0.174. The highest BCUT2D eigenvalue weighted by Crippen LogP contribution is 2.46. The second kappa shape index (κ2) is 19.9. The van der Waals surface area contributed by atoms with Gasteiger partial charge in [-0.05, 0) is 109 Å². The van der Waals surface area contributed by atoms with Gasteiger partial charge in [0.1, 0.15) is 23.7 Å². The van der Waals surface area contributed by atoms with Crippen LogP contribution < -0.4 is 0 Å². The summed E-state index contributed by atoms with van der Waals surface area (Å²) in [5, 5.41) is 32.7. The second-order valence-corrected chi connectivity index (χ2v) is 18.2. The van der Waals surface area contributed by atoms with Crippen LogP contribution >= 0.6 is 0 Å². The van der Waals surface area contributed by atoms with E-state index in [-0.39, 0.29) is 37.0 Å². The molecule has 2 saturated heterocycles. The number of amides is 1. The number of ether oxygens (including phenoxy) is 3. The molecule has 13 atom stereocenters. The summed E-state index contributed by atoms with van der Waals surface area (Å²) in [6.07, 6.45) is 1.93. The van der Waals surface area contributed by atoms with Crippen molar-refractivity contribution in [2.75, 3.05) is 14.1 Å². The Morgan fingerprint density at radius 1 is 1.07 bits per heavy atom. The van der Waals surface area contributed by atoms with Crippen molar-refractivity contribution in [1.29, 1.82) is 0 Å². The predicted molar refractivity (Wildman–Crippen MR) is 225 cm³/mol. The number of hydrogen-bond acceptors (Lipinski definition) is 14. The van der Waals surface area contributed by atoms with Gasteiger partial charge in [0.15, 0.2) is 24.4 Å². The van der Waals surface area contributed by atoms with Crippen LogP contribution in [0.1, 0.15) is 113 Å². The molecule has 3 aliphatic rings. The molecule has 5 rings (SSSR count). The van der Waals surface area contributed by atoms with E-state index in [4.69, 9.17) is 28.7 Å². The Hall–Kier alpha value is -3.89. The van der Waals surface area contributed by atoms with Gasteiger partial charge in [0.2, 0.25) is 5.91 Å². The number of cyclic esters (lactones) is 1. The average Bonchev–Trinajstić information content (AvgIpc) is 3.74. The highest BCUT2D eigenvalue weighted by atomic mass is 16.7. The number of hydrogen-bond donors (Lipinski definition) is 2. The zero-order valence-electron chi connectivity index (χ0n) is 37.3. The summed E-state index contributed by atoms with van der Waals surface area (Å²) in [6.45, 7) is 16.2. The lowest BCUT2D eigenvalue weighted by Crippen LogP contribution is -2.57. The first kappa shape index (κ1) is 47.2. The Bertz CT molecular complexity index is 1830. The smallest absolute Gasteiger partial charge is 0.316 e. The largest absolute Gasteiger partial charge is 0.459 e. The highest BCUT2D eigenvalue weighted by Gasteiger charge is 2.52. The summed E-state index contributed by atoms with van der Waals surface area (Å²) >= 11 is 0. The van der Waals surface area contributed by atoms with Crippen LogP contribution in [0.5, 0.6) is 0 Å². The van der Waals surface area contributed by atoms with Crippen LogP contribution in [0.25, 0.3) is 11.3 Å². The Morgan fingerprint density at radius 2 is 1.80 bits per heavy atom. The molecule has 0 radical (unpaired) electrons. The molecule has 2 bridgehead atoms. The lowest BCUT2D eigenvalue weighted by atomic mass is 9.65. The van der Waals surface area contributed by atoms with Gasteiger partial charge in [0.05, 0.1) is 29.8 Å². The maximum Gasteiger partial charge on any atom is 0.316 e. The van der Waals surface area contributed by atoms with Gasteiger partial charge in [-0.25, -0.2) is 4.99 Å². The molecule has 4 heterocycles. The number of rotatable bonds is 8. The lowest BCUT2D eigenvalue weighted by Gasteiger charge is -2.48. The molecule has 15 nitrogen and oxygen atoms in total. The summed E-state index contributed by atoms with van der Waals surface area (Å²) in [5.41, 5.74) is 0.288. The van der Waals surface area contributed by atoms with Gasteiger partial charge < -0.3 is 38.7 Å². The molecule has 3 fully saturated rings. The number of pyridine rings is 1. The number of aromatic nitrogens is 2. The van der Waals surface area contributed by atoms with Crippen molar-refractivity contribution in [2.45, 2.75) is 156 Å². The summed E-state index contributed by atoms with van der Waals surface area (Å²) in [6, 6.07) is 5.18. The maximum atomic E-state index is 14.6. The number of aliphatic hydroxyl groups excluding tert-OH is 1. The van der Waals surface area contributed by atoms with Gasteiger partial charge in [-0.1, -0.05) is 44.9 Å². The SMILES string of the molecule is CC[C@H]1OC(=O)[C@H](C)C(=O)[C@H](C)[C@@H](O[C@@H]2O[C@H](C)C[C@H](N(C)C)[C@H]2O)[C@]2(C)CC/C(=N/OCc3ccc(-c4ccno4)cn3)CC[C@H]([C@@H](C)C(=NC(C)=O)[C@H](C)C2)[C@]1(C)O. The zero-order chi connectivity index (χ0) is 44.1. The van der Waals surface area contributed by atoms with E-state index in [0.29, 0.717) is 61.4 Å². The fourth-order valence-electron chi connectivity index (χ4n) is 9.88. The van der Waals surface area contributed by atoms with Crippen LogP contribution in [0, 0.1) is 35.0 Å². The van der Waals surface area contributed by atoms with Gasteiger partial charge in [0.25, 0.3) is 0 Å². The van der Waals surface area contributed by atoms with Crippen molar-refractivity contribution in [3.63, 3.8) is 0 Å². The number of carbonyl (C=O) groups is 3. The minimum atomic E-state index is -1.60. The molecule has 2 aromatic rings. The molecule has 332 valence electrons. The number of likely N-dealkylation sites (N-methyl/N-ethyl adjacent to an activating group) is 1. The molecule has 2 aromatic heterocycles. The van der Waals surface area contributed by atoms with Crippen molar-refractivity contribution in [3.8, 4) is 11.3 Å². The van der Waals surface area contributed by atoms with Gasteiger partial charge in [-0.3, -0.25) is 19.4 Å². The Morgan fingerprint density at radius 3 is 2.42 bits per heavy atom. The van der Waals surface area contributed by atoms with Crippen molar-refractivity contribution < 1.29 is 48.2 Å². The third-order valence-corrected chi connectivity index (χ3v) is 13.3. The van der Waals surface area contributed by atoms with Crippen molar-refractivity contribution in [1.82, 2.24) is 15.0 Å². The van der Waals surface area contributed by atoms with Gasteiger partial charge in [-0.2, -0.15) is 0 Å². The molecule has 60 heavy (non-hydrogen) atoms. The summed E-state index contributed by atoms with van der Waals surface area (Å²) in [4.78, 5) is 58.5. The molecule has 2 aliphatic heterocycles. The summed E-state index contributed by atoms with van der Waals surface area (Å²) in [7, 11) is 3.80. The topological polar surface area (TPSA) is 195 Å². The van der Waals surface area contributed by atoms with Crippen LogP contribution in [0.4, 0.5) is 0 Å². The van der Waals surface area contributed by atoms with Gasteiger partial charge >= 0.3 is 5.97 Å². The van der Waals surface area contributed by atoms with E-state index in [2.05, 4.69) is 15.1 Å². The molecule has 1 aliphatic carbocycles. The molecule has 2 N–H and O–H groups in total. The molecule has 1 amide bonds. The van der Waals surface area contributed by atoms with E-state index >= 15 is 0 Å². The van der Waals surface area contributed by atoms with E-state index in [0.717, 1.165) is 5.56 Å². The first-order valence-electron chi connectivity index (χ1n) is 21.5. The van der Waals surface area contributed by atoms with Gasteiger partial charge in [-0.15, -0.1) is 0 Å². The predicted octanol–water partition coefficient (Wildman–Crippen LogP) is 6.19. The molecule has 0 spiro atoms.